The third-order valence-corrected chi connectivity index (χ3v) is 3.34. The molecule has 0 aliphatic heterocycles. The van der Waals surface area contributed by atoms with Gasteiger partial charge in [-0.2, -0.15) is 0 Å². The summed E-state index contributed by atoms with van der Waals surface area (Å²) in [6.45, 7) is 5.24. The molecule has 0 aliphatic carbocycles. The molecule has 0 bridgehead atoms. The van der Waals surface area contributed by atoms with Gasteiger partial charge in [-0.1, -0.05) is 31.1 Å². The molecule has 0 saturated carbocycles. The normalized spacial score (nSPS) is 12.3. The number of ether oxygens (including phenoxy) is 2. The fourth-order valence-corrected chi connectivity index (χ4v) is 1.92. The zero-order valence-electron chi connectivity index (χ0n) is 12.3. The SMILES string of the molecule is CCC(C)c1ccc(OCc2cc(COC)on2)cc1. The Morgan fingerprint density at radius 2 is 1.95 bits per heavy atom. The van der Waals surface area contributed by atoms with E-state index in [9.17, 15) is 0 Å². The van der Waals surface area contributed by atoms with E-state index in [2.05, 4.69) is 31.1 Å². The summed E-state index contributed by atoms with van der Waals surface area (Å²) in [5.41, 5.74) is 2.10. The fourth-order valence-electron chi connectivity index (χ4n) is 1.92. The smallest absolute Gasteiger partial charge is 0.162 e. The van der Waals surface area contributed by atoms with E-state index in [4.69, 9.17) is 14.0 Å². The lowest BCUT2D eigenvalue weighted by atomic mass is 9.99. The summed E-state index contributed by atoms with van der Waals surface area (Å²) < 4.78 is 15.8. The molecule has 20 heavy (non-hydrogen) atoms. The van der Waals surface area contributed by atoms with Crippen molar-refractivity contribution in [2.45, 2.75) is 39.4 Å². The number of methoxy groups -OCH3 is 1. The van der Waals surface area contributed by atoms with Gasteiger partial charge in [0.05, 0.1) is 0 Å². The topological polar surface area (TPSA) is 44.5 Å². The Balaban J connectivity index is 1.89. The molecule has 0 spiro atoms. The van der Waals surface area contributed by atoms with Crippen LogP contribution in [0.25, 0.3) is 0 Å². The first-order valence-corrected chi connectivity index (χ1v) is 6.89. The highest BCUT2D eigenvalue weighted by Crippen LogP contribution is 2.22. The lowest BCUT2D eigenvalue weighted by molar-refractivity contribution is 0.155. The van der Waals surface area contributed by atoms with Crippen LogP contribution < -0.4 is 4.74 Å². The quantitative estimate of drug-likeness (QED) is 0.768. The van der Waals surface area contributed by atoms with Crippen molar-refractivity contribution in [3.8, 4) is 5.75 Å². The first kappa shape index (κ1) is 14.6. The van der Waals surface area contributed by atoms with E-state index in [-0.39, 0.29) is 0 Å². The molecular weight excluding hydrogens is 254 g/mol. The molecule has 2 aromatic rings. The highest BCUT2D eigenvalue weighted by atomic mass is 16.5. The van der Waals surface area contributed by atoms with Crippen LogP contribution in [0.4, 0.5) is 0 Å². The summed E-state index contributed by atoms with van der Waals surface area (Å²) in [6.07, 6.45) is 1.14. The Kier molecular flexibility index (Phi) is 5.18. The number of hydrogen-bond donors (Lipinski definition) is 0. The van der Waals surface area contributed by atoms with Crippen LogP contribution in [-0.2, 0) is 18.0 Å². The predicted octanol–water partition coefficient (Wildman–Crippen LogP) is 3.91. The van der Waals surface area contributed by atoms with E-state index in [0.29, 0.717) is 24.9 Å². The van der Waals surface area contributed by atoms with Crippen LogP contribution in [0.2, 0.25) is 0 Å². The summed E-state index contributed by atoms with van der Waals surface area (Å²) in [5.74, 6) is 2.13. The molecule has 108 valence electrons. The minimum atomic E-state index is 0.399. The third-order valence-electron chi connectivity index (χ3n) is 3.34. The van der Waals surface area contributed by atoms with Crippen molar-refractivity contribution in [1.29, 1.82) is 0 Å². The minimum absolute atomic E-state index is 0.399. The highest BCUT2D eigenvalue weighted by molar-refractivity contribution is 5.29. The maximum Gasteiger partial charge on any atom is 0.162 e. The minimum Gasteiger partial charge on any atom is -0.487 e. The molecule has 1 aromatic heterocycles. The van der Waals surface area contributed by atoms with Gasteiger partial charge in [-0.3, -0.25) is 0 Å². The summed E-state index contributed by atoms with van der Waals surface area (Å²) in [4.78, 5) is 0. The van der Waals surface area contributed by atoms with Crippen molar-refractivity contribution in [2.75, 3.05) is 7.11 Å². The van der Waals surface area contributed by atoms with E-state index in [1.54, 1.807) is 7.11 Å². The molecule has 4 heteroatoms. The number of hydrogen-bond acceptors (Lipinski definition) is 4. The summed E-state index contributed by atoms with van der Waals surface area (Å²) >= 11 is 0. The largest absolute Gasteiger partial charge is 0.487 e. The molecule has 0 fully saturated rings. The Morgan fingerprint density at radius 3 is 2.60 bits per heavy atom. The van der Waals surface area contributed by atoms with Gasteiger partial charge in [0.1, 0.15) is 24.7 Å². The molecule has 1 aromatic carbocycles. The van der Waals surface area contributed by atoms with Gasteiger partial charge in [0.15, 0.2) is 5.76 Å². The predicted molar refractivity (Wildman–Crippen MR) is 76.7 cm³/mol. The van der Waals surface area contributed by atoms with Crippen molar-refractivity contribution in [3.63, 3.8) is 0 Å². The molecule has 1 unspecified atom stereocenters. The second kappa shape index (κ2) is 7.10. The van der Waals surface area contributed by atoms with Crippen LogP contribution in [0.1, 0.15) is 43.2 Å². The van der Waals surface area contributed by atoms with Crippen LogP contribution in [0, 0.1) is 0 Å². The molecule has 2 rings (SSSR count). The van der Waals surface area contributed by atoms with Crippen LogP contribution in [0.3, 0.4) is 0 Å². The van der Waals surface area contributed by atoms with Gasteiger partial charge >= 0.3 is 0 Å². The Hall–Kier alpha value is -1.81. The average Bonchev–Trinajstić information content (AvgIpc) is 2.93. The summed E-state index contributed by atoms with van der Waals surface area (Å²) in [7, 11) is 1.62. The van der Waals surface area contributed by atoms with Crippen LogP contribution in [0.15, 0.2) is 34.9 Å². The maximum atomic E-state index is 5.69. The van der Waals surface area contributed by atoms with Crippen molar-refractivity contribution < 1.29 is 14.0 Å². The molecule has 0 radical (unpaired) electrons. The number of nitrogens with zero attached hydrogens (tertiary/aromatic N) is 1. The van der Waals surface area contributed by atoms with E-state index in [1.165, 1.54) is 5.56 Å². The first-order chi connectivity index (χ1) is 9.72. The summed E-state index contributed by atoms with van der Waals surface area (Å²) in [6, 6.07) is 10.1. The maximum absolute atomic E-state index is 5.69. The number of benzene rings is 1. The first-order valence-electron chi connectivity index (χ1n) is 6.89. The van der Waals surface area contributed by atoms with Crippen molar-refractivity contribution >= 4 is 0 Å². The van der Waals surface area contributed by atoms with Crippen LogP contribution in [-0.4, -0.2) is 12.3 Å². The van der Waals surface area contributed by atoms with Crippen LogP contribution in [0.5, 0.6) is 5.75 Å². The van der Waals surface area contributed by atoms with Gasteiger partial charge in [0, 0.05) is 13.2 Å². The molecule has 0 amide bonds. The van der Waals surface area contributed by atoms with E-state index >= 15 is 0 Å². The molecule has 4 nitrogen and oxygen atoms in total. The molecule has 0 N–H and O–H groups in total. The van der Waals surface area contributed by atoms with Gasteiger partial charge in [0.25, 0.3) is 0 Å². The van der Waals surface area contributed by atoms with Gasteiger partial charge in [-0.15, -0.1) is 0 Å². The summed E-state index contributed by atoms with van der Waals surface area (Å²) in [5, 5.41) is 3.93. The standard InChI is InChI=1S/C16H21NO3/c1-4-12(2)13-5-7-15(8-6-13)19-10-14-9-16(11-18-3)20-17-14/h5-9,12H,4,10-11H2,1-3H3. The van der Waals surface area contributed by atoms with Crippen LogP contribution >= 0.6 is 0 Å². The fraction of sp³-hybridized carbons (Fsp3) is 0.438. The zero-order valence-corrected chi connectivity index (χ0v) is 12.3. The lowest BCUT2D eigenvalue weighted by Crippen LogP contribution is -1.96. The number of rotatable bonds is 7. The number of aromatic nitrogens is 1. The van der Waals surface area contributed by atoms with Crippen molar-refractivity contribution in [1.82, 2.24) is 5.16 Å². The highest BCUT2D eigenvalue weighted by Gasteiger charge is 2.06. The molecule has 0 saturated heterocycles. The molecule has 1 heterocycles. The Labute approximate surface area is 119 Å². The Bertz CT molecular complexity index is 519. The van der Waals surface area contributed by atoms with Gasteiger partial charge in [0.2, 0.25) is 0 Å². The lowest BCUT2D eigenvalue weighted by Gasteiger charge is -2.10. The van der Waals surface area contributed by atoms with Crippen molar-refractivity contribution in [3.05, 3.63) is 47.3 Å². The monoisotopic (exact) mass is 275 g/mol. The van der Waals surface area contributed by atoms with Gasteiger partial charge in [-0.25, -0.2) is 0 Å². The molecular formula is C16H21NO3. The third kappa shape index (κ3) is 3.84. The van der Waals surface area contributed by atoms with E-state index in [0.717, 1.165) is 17.9 Å². The molecule has 0 aliphatic rings. The second-order valence-electron chi connectivity index (χ2n) is 4.88. The average molecular weight is 275 g/mol. The van der Waals surface area contributed by atoms with Gasteiger partial charge < -0.3 is 14.0 Å². The molecule has 1 atom stereocenters. The van der Waals surface area contributed by atoms with E-state index < -0.39 is 0 Å². The second-order valence-corrected chi connectivity index (χ2v) is 4.88. The van der Waals surface area contributed by atoms with E-state index in [1.807, 2.05) is 18.2 Å². The Morgan fingerprint density at radius 1 is 1.20 bits per heavy atom. The zero-order chi connectivity index (χ0) is 14.4. The van der Waals surface area contributed by atoms with Gasteiger partial charge in [-0.05, 0) is 30.0 Å². The van der Waals surface area contributed by atoms with Crippen molar-refractivity contribution in [2.24, 2.45) is 0 Å².